The van der Waals surface area contributed by atoms with Gasteiger partial charge in [0.15, 0.2) is 0 Å². The lowest BCUT2D eigenvalue weighted by Gasteiger charge is -2.19. The number of aliphatic hydroxyl groups is 1. The number of hydrogen-bond donors (Lipinski definition) is 1. The lowest BCUT2D eigenvalue weighted by molar-refractivity contribution is 0.00695. The highest BCUT2D eigenvalue weighted by atomic mass is 16.6. The quantitative estimate of drug-likeness (QED) is 0.872. The Labute approximate surface area is 136 Å². The third-order valence-electron chi connectivity index (χ3n) is 3.31. The molecule has 2 rings (SSSR count). The molecule has 0 saturated carbocycles. The zero-order chi connectivity index (χ0) is 17.0. The summed E-state index contributed by atoms with van der Waals surface area (Å²) in [6.07, 6.45) is 0. The van der Waals surface area contributed by atoms with Crippen LogP contribution in [0.15, 0.2) is 42.5 Å². The van der Waals surface area contributed by atoms with Crippen LogP contribution in [0.5, 0.6) is 5.75 Å². The molecule has 0 aliphatic rings. The van der Waals surface area contributed by atoms with Gasteiger partial charge in [-0.3, -0.25) is 0 Å². The van der Waals surface area contributed by atoms with Gasteiger partial charge >= 0.3 is 5.97 Å². The van der Waals surface area contributed by atoms with Gasteiger partial charge in [0, 0.05) is 5.56 Å². The minimum atomic E-state index is -0.511. The van der Waals surface area contributed by atoms with Crippen molar-refractivity contribution in [2.24, 2.45) is 0 Å². The maximum Gasteiger partial charge on any atom is 0.338 e. The normalized spacial score (nSPS) is 11.2. The summed E-state index contributed by atoms with van der Waals surface area (Å²) >= 11 is 0. The third kappa shape index (κ3) is 4.33. The van der Waals surface area contributed by atoms with Gasteiger partial charge in [0.2, 0.25) is 0 Å². The van der Waals surface area contributed by atoms with E-state index in [4.69, 9.17) is 9.47 Å². The summed E-state index contributed by atoms with van der Waals surface area (Å²) in [6.45, 7) is 5.46. The van der Waals surface area contributed by atoms with Crippen molar-refractivity contribution in [3.63, 3.8) is 0 Å². The van der Waals surface area contributed by atoms with E-state index in [1.807, 2.05) is 51.1 Å². The fraction of sp³-hybridized carbons (Fsp3) is 0.316. The predicted octanol–water partition coefficient (Wildman–Crippen LogP) is 3.81. The number of methoxy groups -OCH3 is 1. The number of esters is 1. The minimum Gasteiger partial charge on any atom is -0.496 e. The Morgan fingerprint density at radius 2 is 1.65 bits per heavy atom. The van der Waals surface area contributed by atoms with Crippen molar-refractivity contribution in [3.05, 3.63) is 53.6 Å². The molecular weight excluding hydrogens is 292 g/mol. The van der Waals surface area contributed by atoms with E-state index in [0.29, 0.717) is 11.3 Å². The molecule has 0 aromatic heterocycles. The number of benzene rings is 2. The van der Waals surface area contributed by atoms with Crippen LogP contribution in [0.25, 0.3) is 11.1 Å². The van der Waals surface area contributed by atoms with Crippen LogP contribution >= 0.6 is 0 Å². The molecular formula is C19H22O4. The Hall–Kier alpha value is -2.33. The molecule has 0 unspecified atom stereocenters. The molecule has 4 nitrogen and oxygen atoms in total. The summed E-state index contributed by atoms with van der Waals surface area (Å²) in [6, 6.07) is 12.8. The summed E-state index contributed by atoms with van der Waals surface area (Å²) in [5.41, 5.74) is 2.66. The topological polar surface area (TPSA) is 55.8 Å². The van der Waals surface area contributed by atoms with E-state index < -0.39 is 5.60 Å². The molecule has 4 heteroatoms. The van der Waals surface area contributed by atoms with Gasteiger partial charge in [0.25, 0.3) is 0 Å². The summed E-state index contributed by atoms with van der Waals surface area (Å²) < 4.78 is 10.6. The van der Waals surface area contributed by atoms with Gasteiger partial charge in [-0.1, -0.05) is 24.3 Å². The van der Waals surface area contributed by atoms with Crippen LogP contribution in [0.2, 0.25) is 0 Å². The number of carbonyl (C=O) groups excluding carboxylic acids is 1. The van der Waals surface area contributed by atoms with Gasteiger partial charge in [-0.25, -0.2) is 4.79 Å². The van der Waals surface area contributed by atoms with Crippen molar-refractivity contribution in [2.45, 2.75) is 33.0 Å². The summed E-state index contributed by atoms with van der Waals surface area (Å²) in [7, 11) is 1.57. The molecule has 23 heavy (non-hydrogen) atoms. The summed E-state index contributed by atoms with van der Waals surface area (Å²) in [4.78, 5) is 12.0. The van der Waals surface area contributed by atoms with Gasteiger partial charge in [-0.15, -0.1) is 0 Å². The molecule has 0 aliphatic carbocycles. The number of carbonyl (C=O) groups is 1. The average Bonchev–Trinajstić information content (AvgIpc) is 2.52. The fourth-order valence-electron chi connectivity index (χ4n) is 2.19. The molecule has 0 amide bonds. The van der Waals surface area contributed by atoms with Crippen molar-refractivity contribution < 1.29 is 19.4 Å². The van der Waals surface area contributed by atoms with Gasteiger partial charge in [0.1, 0.15) is 11.4 Å². The number of rotatable bonds is 4. The highest BCUT2D eigenvalue weighted by Crippen LogP contribution is 2.27. The lowest BCUT2D eigenvalue weighted by atomic mass is 10.0. The first-order valence-electron chi connectivity index (χ1n) is 7.45. The van der Waals surface area contributed by atoms with Crippen LogP contribution < -0.4 is 4.74 Å². The van der Waals surface area contributed by atoms with E-state index in [9.17, 15) is 9.90 Å². The van der Waals surface area contributed by atoms with E-state index in [-0.39, 0.29) is 12.6 Å². The third-order valence-corrected chi connectivity index (χ3v) is 3.31. The summed E-state index contributed by atoms with van der Waals surface area (Å²) in [5, 5.41) is 9.27. The maximum atomic E-state index is 12.0. The largest absolute Gasteiger partial charge is 0.496 e. The van der Waals surface area contributed by atoms with E-state index in [2.05, 4.69) is 0 Å². The van der Waals surface area contributed by atoms with Crippen LogP contribution in [0, 0.1) is 0 Å². The van der Waals surface area contributed by atoms with E-state index in [0.717, 1.165) is 16.7 Å². The standard InChI is InChI=1S/C19H22O4/c1-19(2,3)23-18(21)14-7-5-13(6-8-14)15-9-10-16(12-20)17(11-15)22-4/h5-11,20H,12H2,1-4H3. The van der Waals surface area contributed by atoms with Crippen molar-refractivity contribution >= 4 is 5.97 Å². The minimum absolute atomic E-state index is 0.0684. The molecule has 0 spiro atoms. The van der Waals surface area contributed by atoms with Gasteiger partial charge in [-0.05, 0) is 50.1 Å². The van der Waals surface area contributed by atoms with Crippen LogP contribution in [0.3, 0.4) is 0 Å². The molecule has 2 aromatic rings. The number of hydrogen-bond acceptors (Lipinski definition) is 4. The van der Waals surface area contributed by atoms with Gasteiger partial charge < -0.3 is 14.6 Å². The Balaban J connectivity index is 2.24. The highest BCUT2D eigenvalue weighted by molar-refractivity contribution is 5.90. The molecule has 0 radical (unpaired) electrons. The first-order chi connectivity index (χ1) is 10.8. The molecule has 2 aromatic carbocycles. The zero-order valence-electron chi connectivity index (χ0n) is 13.9. The molecule has 0 heterocycles. The zero-order valence-corrected chi connectivity index (χ0v) is 13.9. The van der Waals surface area contributed by atoms with Crippen molar-refractivity contribution in [1.82, 2.24) is 0 Å². The summed E-state index contributed by atoms with van der Waals surface area (Å²) in [5.74, 6) is 0.304. The molecule has 0 fully saturated rings. The second-order valence-corrected chi connectivity index (χ2v) is 6.26. The van der Waals surface area contributed by atoms with Crippen molar-refractivity contribution in [2.75, 3.05) is 7.11 Å². The molecule has 0 aliphatic heterocycles. The first kappa shape index (κ1) is 17.0. The van der Waals surface area contributed by atoms with Gasteiger partial charge in [-0.2, -0.15) is 0 Å². The number of ether oxygens (including phenoxy) is 2. The van der Waals surface area contributed by atoms with E-state index >= 15 is 0 Å². The van der Waals surface area contributed by atoms with Crippen LogP contribution in [0.1, 0.15) is 36.7 Å². The van der Waals surface area contributed by atoms with Crippen LogP contribution in [0.4, 0.5) is 0 Å². The molecule has 0 atom stereocenters. The monoisotopic (exact) mass is 314 g/mol. The van der Waals surface area contributed by atoms with Crippen molar-refractivity contribution in [3.8, 4) is 16.9 Å². The molecule has 1 N–H and O–H groups in total. The Kier molecular flexibility index (Phi) is 5.06. The van der Waals surface area contributed by atoms with Gasteiger partial charge in [0.05, 0.1) is 19.3 Å². The molecule has 122 valence electrons. The van der Waals surface area contributed by atoms with E-state index in [1.165, 1.54) is 0 Å². The smallest absolute Gasteiger partial charge is 0.338 e. The van der Waals surface area contributed by atoms with E-state index in [1.54, 1.807) is 19.2 Å². The van der Waals surface area contributed by atoms with Crippen molar-refractivity contribution in [1.29, 1.82) is 0 Å². The predicted molar refractivity (Wildman–Crippen MR) is 89.5 cm³/mol. The van der Waals surface area contributed by atoms with Crippen LogP contribution in [-0.4, -0.2) is 23.8 Å². The fourth-order valence-corrected chi connectivity index (χ4v) is 2.19. The highest BCUT2D eigenvalue weighted by Gasteiger charge is 2.17. The lowest BCUT2D eigenvalue weighted by Crippen LogP contribution is -2.23. The maximum absolute atomic E-state index is 12.0. The average molecular weight is 314 g/mol. The first-order valence-corrected chi connectivity index (χ1v) is 7.45. The second-order valence-electron chi connectivity index (χ2n) is 6.26. The SMILES string of the molecule is COc1cc(-c2ccc(C(=O)OC(C)(C)C)cc2)ccc1CO. The Bertz CT molecular complexity index is 682. The van der Waals surface area contributed by atoms with Crippen LogP contribution in [-0.2, 0) is 11.3 Å². The molecule has 0 bridgehead atoms. The Morgan fingerprint density at radius 1 is 1.04 bits per heavy atom. The molecule has 0 saturated heterocycles. The second kappa shape index (κ2) is 6.84. The number of aliphatic hydroxyl groups excluding tert-OH is 1. The Morgan fingerprint density at radius 3 is 2.17 bits per heavy atom.